The number of ether oxygens (including phenoxy) is 1. The molecule has 0 saturated carbocycles. The number of aliphatic hydroxyl groups is 1. The fourth-order valence-electron chi connectivity index (χ4n) is 2.83. The van der Waals surface area contributed by atoms with Crippen molar-refractivity contribution in [1.82, 2.24) is 9.47 Å². The lowest BCUT2D eigenvalue weighted by Gasteiger charge is -2.22. The summed E-state index contributed by atoms with van der Waals surface area (Å²) in [4.78, 5) is 14.1. The molecule has 0 radical (unpaired) electrons. The molecule has 2 rings (SSSR count). The highest BCUT2D eigenvalue weighted by Gasteiger charge is 2.19. The van der Waals surface area contributed by atoms with Gasteiger partial charge in [0.15, 0.2) is 5.75 Å². The van der Waals surface area contributed by atoms with Crippen LogP contribution in [0.4, 0.5) is 0 Å². The summed E-state index contributed by atoms with van der Waals surface area (Å²) < 4.78 is 6.91. The molecule has 0 unspecified atom stereocenters. The Morgan fingerprint density at radius 1 is 1.33 bits per heavy atom. The lowest BCUT2D eigenvalue weighted by atomic mass is 10.2. The monoisotopic (exact) mass is 296 g/mol. The van der Waals surface area contributed by atoms with E-state index in [1.54, 1.807) is 7.11 Å². The summed E-state index contributed by atoms with van der Waals surface area (Å²) in [5.41, 5.74) is 0.726. The zero-order valence-electron chi connectivity index (χ0n) is 12.5. The maximum Gasteiger partial charge on any atom is 0.223 e. The van der Waals surface area contributed by atoms with E-state index in [1.165, 1.54) is 6.07 Å². The third-order valence-corrected chi connectivity index (χ3v) is 3.94. The topological polar surface area (TPSA) is 74.9 Å². The van der Waals surface area contributed by atoms with E-state index < -0.39 is 5.43 Å². The van der Waals surface area contributed by atoms with Gasteiger partial charge in [-0.2, -0.15) is 0 Å². The van der Waals surface area contributed by atoms with Gasteiger partial charge in [0.05, 0.1) is 12.3 Å². The molecular weight excluding hydrogens is 272 g/mol. The smallest absolute Gasteiger partial charge is 0.223 e. The van der Waals surface area contributed by atoms with Crippen LogP contribution < -0.4 is 5.43 Å². The van der Waals surface area contributed by atoms with Crippen LogP contribution in [-0.2, 0) is 24.4 Å². The van der Waals surface area contributed by atoms with Crippen molar-refractivity contribution in [2.75, 3.05) is 26.8 Å². The van der Waals surface area contributed by atoms with Crippen LogP contribution in [0.5, 0.6) is 5.75 Å². The summed E-state index contributed by atoms with van der Waals surface area (Å²) in [5, 5.41) is 19.6. The van der Waals surface area contributed by atoms with Crippen molar-refractivity contribution in [3.63, 3.8) is 0 Å². The van der Waals surface area contributed by atoms with Crippen LogP contribution in [0.15, 0.2) is 10.9 Å². The van der Waals surface area contributed by atoms with Crippen LogP contribution in [0.3, 0.4) is 0 Å². The molecule has 1 saturated heterocycles. The van der Waals surface area contributed by atoms with Crippen molar-refractivity contribution in [2.45, 2.75) is 39.0 Å². The first-order valence-corrected chi connectivity index (χ1v) is 7.44. The Morgan fingerprint density at radius 3 is 2.67 bits per heavy atom. The molecule has 6 nitrogen and oxygen atoms in total. The molecule has 1 aromatic heterocycles. The quantitative estimate of drug-likeness (QED) is 0.724. The normalized spacial score (nSPS) is 15.7. The van der Waals surface area contributed by atoms with E-state index in [-0.39, 0.29) is 12.4 Å². The molecule has 1 aliphatic rings. The van der Waals surface area contributed by atoms with Crippen LogP contribution in [0.25, 0.3) is 0 Å². The number of rotatable bonds is 7. The molecule has 1 aliphatic heterocycles. The predicted octanol–water partition coefficient (Wildman–Crippen LogP) is 0.679. The first-order chi connectivity index (χ1) is 10.2. The van der Waals surface area contributed by atoms with Gasteiger partial charge in [-0.05, 0) is 32.4 Å². The molecule has 0 aliphatic carbocycles. The molecule has 2 N–H and O–H groups in total. The summed E-state index contributed by atoms with van der Waals surface area (Å²) in [6.45, 7) is 3.50. The second kappa shape index (κ2) is 7.59. The van der Waals surface area contributed by atoms with Crippen molar-refractivity contribution >= 4 is 0 Å². The van der Waals surface area contributed by atoms with Crippen molar-refractivity contribution in [1.29, 1.82) is 0 Å². The second-order valence-electron chi connectivity index (χ2n) is 5.43. The number of aromatic nitrogens is 1. The number of likely N-dealkylation sites (tertiary alicyclic amines) is 1. The molecule has 0 atom stereocenters. The van der Waals surface area contributed by atoms with Gasteiger partial charge in [-0.25, -0.2) is 0 Å². The van der Waals surface area contributed by atoms with E-state index in [2.05, 4.69) is 4.90 Å². The van der Waals surface area contributed by atoms with Gasteiger partial charge in [-0.3, -0.25) is 9.69 Å². The van der Waals surface area contributed by atoms with Crippen molar-refractivity contribution in [2.24, 2.45) is 0 Å². The highest BCUT2D eigenvalue weighted by molar-refractivity contribution is 5.30. The van der Waals surface area contributed by atoms with Crippen LogP contribution in [0, 0.1) is 0 Å². The Balaban J connectivity index is 2.32. The average Bonchev–Trinajstić information content (AvgIpc) is 2.99. The Morgan fingerprint density at radius 2 is 2.05 bits per heavy atom. The molecule has 1 fully saturated rings. The van der Waals surface area contributed by atoms with Crippen LogP contribution in [0.1, 0.15) is 30.7 Å². The fraction of sp³-hybridized carbons (Fsp3) is 0.667. The Labute approximate surface area is 124 Å². The summed E-state index contributed by atoms with van der Waals surface area (Å²) >= 11 is 0. The first kappa shape index (κ1) is 16.0. The predicted molar refractivity (Wildman–Crippen MR) is 79.3 cm³/mol. The van der Waals surface area contributed by atoms with Gasteiger partial charge in [0.25, 0.3) is 0 Å². The highest BCUT2D eigenvalue weighted by Crippen LogP contribution is 2.20. The Bertz CT molecular complexity index is 521. The van der Waals surface area contributed by atoms with Crippen LogP contribution in [0.2, 0.25) is 0 Å². The molecule has 0 amide bonds. The van der Waals surface area contributed by atoms with Gasteiger partial charge in [0.1, 0.15) is 0 Å². The third kappa shape index (κ3) is 3.84. The third-order valence-electron chi connectivity index (χ3n) is 3.94. The molecule has 0 spiro atoms. The Kier molecular flexibility index (Phi) is 5.78. The standard InChI is InChI=1S/C15H24N2O4/c1-21-8-4-7-17-12(11-18)9-14(19)15(20)13(17)10-16-5-2-3-6-16/h9,18,20H,2-8,10-11H2,1H3. The van der Waals surface area contributed by atoms with E-state index in [0.717, 1.165) is 32.4 Å². The van der Waals surface area contributed by atoms with Crippen LogP contribution >= 0.6 is 0 Å². The van der Waals surface area contributed by atoms with Gasteiger partial charge in [-0.15, -0.1) is 0 Å². The van der Waals surface area contributed by atoms with Crippen molar-refractivity contribution in [3.05, 3.63) is 27.7 Å². The van der Waals surface area contributed by atoms with Gasteiger partial charge >= 0.3 is 0 Å². The molecule has 21 heavy (non-hydrogen) atoms. The summed E-state index contributed by atoms with van der Waals surface area (Å²) in [7, 11) is 1.64. The van der Waals surface area contributed by atoms with E-state index in [1.807, 2.05) is 4.57 Å². The number of aliphatic hydroxyl groups excluding tert-OH is 1. The molecule has 1 aromatic rings. The molecular formula is C15H24N2O4. The SMILES string of the molecule is COCCCn1c(CO)cc(=O)c(O)c1CN1CCCC1. The number of hydrogen-bond acceptors (Lipinski definition) is 5. The van der Waals surface area contributed by atoms with Crippen molar-refractivity contribution in [3.8, 4) is 5.75 Å². The van der Waals surface area contributed by atoms with Gasteiger partial charge < -0.3 is 19.5 Å². The largest absolute Gasteiger partial charge is 0.503 e. The number of hydrogen-bond donors (Lipinski definition) is 2. The van der Waals surface area contributed by atoms with E-state index >= 15 is 0 Å². The zero-order chi connectivity index (χ0) is 15.2. The number of methoxy groups -OCH3 is 1. The molecule has 2 heterocycles. The minimum absolute atomic E-state index is 0.198. The van der Waals surface area contributed by atoms with Gasteiger partial charge in [0.2, 0.25) is 5.43 Å². The lowest BCUT2D eigenvalue weighted by molar-refractivity contribution is 0.187. The van der Waals surface area contributed by atoms with Gasteiger partial charge in [0, 0.05) is 38.6 Å². The number of pyridine rings is 1. The summed E-state index contributed by atoms with van der Waals surface area (Å²) in [5.74, 6) is -0.198. The second-order valence-corrected chi connectivity index (χ2v) is 5.43. The van der Waals surface area contributed by atoms with E-state index in [4.69, 9.17) is 4.74 Å². The molecule has 0 bridgehead atoms. The summed E-state index contributed by atoms with van der Waals surface area (Å²) in [6.07, 6.45) is 3.06. The van der Waals surface area contributed by atoms with Gasteiger partial charge in [-0.1, -0.05) is 0 Å². The maximum atomic E-state index is 11.9. The maximum absolute atomic E-state index is 11.9. The Hall–Kier alpha value is -1.37. The average molecular weight is 296 g/mol. The molecule has 6 heteroatoms. The van der Waals surface area contributed by atoms with Crippen LogP contribution in [-0.4, -0.2) is 46.5 Å². The minimum atomic E-state index is -0.420. The lowest BCUT2D eigenvalue weighted by Crippen LogP contribution is -2.26. The summed E-state index contributed by atoms with van der Waals surface area (Å²) in [6, 6.07) is 1.32. The minimum Gasteiger partial charge on any atom is -0.503 e. The first-order valence-electron chi connectivity index (χ1n) is 7.44. The molecule has 118 valence electrons. The number of aromatic hydroxyl groups is 1. The fourth-order valence-corrected chi connectivity index (χ4v) is 2.83. The van der Waals surface area contributed by atoms with E-state index in [0.29, 0.717) is 31.1 Å². The zero-order valence-corrected chi connectivity index (χ0v) is 12.5. The number of nitrogens with zero attached hydrogens (tertiary/aromatic N) is 2. The van der Waals surface area contributed by atoms with Crippen molar-refractivity contribution < 1.29 is 14.9 Å². The highest BCUT2D eigenvalue weighted by atomic mass is 16.5. The van der Waals surface area contributed by atoms with E-state index in [9.17, 15) is 15.0 Å². The molecule has 0 aromatic carbocycles.